The molecule has 2 heterocycles. The standard InChI is InChI=1S/C21H32N4O3.C11H14/c1-15(26)23-19(21(27)28)11-14-25(18-9-10-18)13-3-2-6-17-8-7-16-5-4-12-22-20(16)24-17;1-2-5-10(6-3-1)9-11-7-4-8-11/h7-8,18-19H,2-6,9-14H2,1H3,(H,22,24)(H,23,26)(H,27,28);1-3,5-6,11H,4,7-9H2. The minimum atomic E-state index is -0.960. The van der Waals surface area contributed by atoms with Gasteiger partial charge in [0.25, 0.3) is 0 Å². The number of nitrogens with one attached hydrogen (secondary N) is 2. The molecule has 0 radical (unpaired) electrons. The molecule has 1 atom stereocenters. The Bertz CT molecular complexity index is 1050. The lowest BCUT2D eigenvalue weighted by Gasteiger charge is -2.25. The van der Waals surface area contributed by atoms with Gasteiger partial charge in [-0.2, -0.15) is 0 Å². The van der Waals surface area contributed by atoms with Crippen LogP contribution in [0.15, 0.2) is 42.5 Å². The van der Waals surface area contributed by atoms with Crippen molar-refractivity contribution in [2.45, 2.75) is 96.1 Å². The number of hydrogen-bond acceptors (Lipinski definition) is 5. The molecule has 1 unspecified atom stereocenters. The van der Waals surface area contributed by atoms with Gasteiger partial charge < -0.3 is 20.6 Å². The van der Waals surface area contributed by atoms with Crippen LogP contribution in [0.2, 0.25) is 0 Å². The van der Waals surface area contributed by atoms with E-state index in [2.05, 4.69) is 58.0 Å². The smallest absolute Gasteiger partial charge is 0.326 e. The largest absolute Gasteiger partial charge is 0.480 e. The molecule has 7 nitrogen and oxygen atoms in total. The summed E-state index contributed by atoms with van der Waals surface area (Å²) in [7, 11) is 0. The second kappa shape index (κ2) is 15.0. The molecule has 1 aromatic heterocycles. The third-order valence-electron chi connectivity index (χ3n) is 8.12. The second-order valence-electron chi connectivity index (χ2n) is 11.4. The highest BCUT2D eigenvalue weighted by Crippen LogP contribution is 2.29. The number of aryl methyl sites for hydroxylation is 2. The Labute approximate surface area is 233 Å². The number of aliphatic carboxylic acids is 1. The van der Waals surface area contributed by atoms with Crippen molar-refractivity contribution in [1.82, 2.24) is 15.2 Å². The molecule has 39 heavy (non-hydrogen) atoms. The summed E-state index contributed by atoms with van der Waals surface area (Å²) in [5, 5.41) is 15.2. The zero-order valence-electron chi connectivity index (χ0n) is 23.5. The van der Waals surface area contributed by atoms with Gasteiger partial charge in [-0.25, -0.2) is 9.78 Å². The Morgan fingerprint density at radius 1 is 1.05 bits per heavy atom. The van der Waals surface area contributed by atoms with Gasteiger partial charge in [-0.05, 0) is 87.4 Å². The summed E-state index contributed by atoms with van der Waals surface area (Å²) in [4.78, 5) is 29.6. The fourth-order valence-electron chi connectivity index (χ4n) is 5.49. The van der Waals surface area contributed by atoms with E-state index in [0.29, 0.717) is 19.0 Å². The summed E-state index contributed by atoms with van der Waals surface area (Å²) >= 11 is 0. The summed E-state index contributed by atoms with van der Waals surface area (Å²) in [6, 6.07) is 15.0. The number of hydrogen-bond donors (Lipinski definition) is 3. The number of carboxylic acids is 1. The number of fused-ring (bicyclic) bond motifs is 1. The number of unbranched alkanes of at least 4 members (excludes halogenated alkanes) is 1. The van der Waals surface area contributed by atoms with Crippen molar-refractivity contribution < 1.29 is 14.7 Å². The van der Waals surface area contributed by atoms with E-state index in [9.17, 15) is 14.7 Å². The van der Waals surface area contributed by atoms with E-state index in [1.807, 2.05) is 0 Å². The lowest BCUT2D eigenvalue weighted by Crippen LogP contribution is -2.42. The molecule has 3 aliphatic rings. The first-order valence-corrected chi connectivity index (χ1v) is 15.0. The Morgan fingerprint density at radius 3 is 2.51 bits per heavy atom. The molecule has 1 amide bonds. The van der Waals surface area contributed by atoms with Gasteiger partial charge in [0.1, 0.15) is 11.9 Å². The normalized spacial score (nSPS) is 17.2. The van der Waals surface area contributed by atoms with Crippen LogP contribution in [0.4, 0.5) is 5.82 Å². The molecule has 0 spiro atoms. The van der Waals surface area contributed by atoms with E-state index in [4.69, 9.17) is 4.98 Å². The average Bonchev–Trinajstić information content (AvgIpc) is 3.76. The Morgan fingerprint density at radius 2 is 1.85 bits per heavy atom. The molecule has 0 saturated heterocycles. The number of amides is 1. The van der Waals surface area contributed by atoms with Gasteiger partial charge in [0.05, 0.1) is 0 Å². The number of carbonyl (C=O) groups is 2. The summed E-state index contributed by atoms with van der Waals surface area (Å²) < 4.78 is 0. The third-order valence-corrected chi connectivity index (χ3v) is 8.12. The monoisotopic (exact) mass is 534 g/mol. The zero-order chi connectivity index (χ0) is 27.5. The maximum atomic E-state index is 11.3. The first kappa shape index (κ1) is 29.1. The highest BCUT2D eigenvalue weighted by molar-refractivity contribution is 5.82. The molecular weight excluding hydrogens is 488 g/mol. The number of carbonyl (C=O) groups excluding carboxylic acids is 1. The van der Waals surface area contributed by atoms with Crippen molar-refractivity contribution in [2.24, 2.45) is 5.92 Å². The molecule has 7 heteroatoms. The predicted octanol–water partition coefficient (Wildman–Crippen LogP) is 5.24. The Balaban J connectivity index is 0.000000265. The zero-order valence-corrected chi connectivity index (χ0v) is 23.5. The van der Waals surface area contributed by atoms with E-state index in [1.165, 1.54) is 63.0 Å². The van der Waals surface area contributed by atoms with Crippen LogP contribution in [0.25, 0.3) is 0 Å². The van der Waals surface area contributed by atoms with E-state index >= 15 is 0 Å². The summed E-state index contributed by atoms with van der Waals surface area (Å²) in [6.45, 7) is 4.05. The second-order valence-corrected chi connectivity index (χ2v) is 11.4. The van der Waals surface area contributed by atoms with Crippen LogP contribution in [0.5, 0.6) is 0 Å². The van der Waals surface area contributed by atoms with Crippen molar-refractivity contribution in [3.63, 3.8) is 0 Å². The van der Waals surface area contributed by atoms with Gasteiger partial charge in [0.2, 0.25) is 5.91 Å². The van der Waals surface area contributed by atoms with Crippen molar-refractivity contribution in [3.05, 3.63) is 59.3 Å². The highest BCUT2D eigenvalue weighted by atomic mass is 16.4. The lowest BCUT2D eigenvalue weighted by molar-refractivity contribution is -0.141. The van der Waals surface area contributed by atoms with Gasteiger partial charge in [-0.15, -0.1) is 0 Å². The Hall–Kier alpha value is -2.93. The van der Waals surface area contributed by atoms with E-state index in [0.717, 1.165) is 56.2 Å². The minimum Gasteiger partial charge on any atom is -0.480 e. The van der Waals surface area contributed by atoms with Crippen molar-refractivity contribution in [1.29, 1.82) is 0 Å². The first-order valence-electron chi connectivity index (χ1n) is 15.0. The molecule has 2 aromatic rings. The number of carboxylic acid groups (broad SMARTS) is 1. The van der Waals surface area contributed by atoms with Crippen LogP contribution in [-0.2, 0) is 28.9 Å². The summed E-state index contributed by atoms with van der Waals surface area (Å²) in [5.41, 5.74) is 3.97. The first-order chi connectivity index (χ1) is 19.0. The van der Waals surface area contributed by atoms with E-state index < -0.39 is 12.0 Å². The maximum absolute atomic E-state index is 11.3. The number of rotatable bonds is 13. The lowest BCUT2D eigenvalue weighted by atomic mass is 9.81. The molecule has 2 saturated carbocycles. The van der Waals surface area contributed by atoms with Crippen molar-refractivity contribution in [3.8, 4) is 0 Å². The van der Waals surface area contributed by atoms with E-state index in [1.54, 1.807) is 0 Å². The number of nitrogens with zero attached hydrogens (tertiary/aromatic N) is 2. The molecule has 212 valence electrons. The van der Waals surface area contributed by atoms with Crippen LogP contribution in [0.1, 0.15) is 81.5 Å². The van der Waals surface area contributed by atoms with Gasteiger partial charge in [-0.3, -0.25) is 4.79 Å². The van der Waals surface area contributed by atoms with Crippen LogP contribution >= 0.6 is 0 Å². The Kier molecular flexibility index (Phi) is 11.2. The van der Waals surface area contributed by atoms with Gasteiger partial charge in [-0.1, -0.05) is 55.7 Å². The van der Waals surface area contributed by atoms with Gasteiger partial charge in [0, 0.05) is 31.7 Å². The summed E-state index contributed by atoms with van der Waals surface area (Å²) in [5.74, 6) is 0.800. The predicted molar refractivity (Wildman–Crippen MR) is 156 cm³/mol. The average molecular weight is 535 g/mol. The van der Waals surface area contributed by atoms with Crippen molar-refractivity contribution in [2.75, 3.05) is 25.0 Å². The molecule has 2 aliphatic carbocycles. The number of pyridine rings is 1. The van der Waals surface area contributed by atoms with Crippen LogP contribution in [0.3, 0.4) is 0 Å². The van der Waals surface area contributed by atoms with Crippen molar-refractivity contribution >= 4 is 17.7 Å². The van der Waals surface area contributed by atoms with E-state index in [-0.39, 0.29) is 5.91 Å². The molecule has 1 aliphatic heterocycles. The van der Waals surface area contributed by atoms with Gasteiger partial charge in [0.15, 0.2) is 0 Å². The minimum absolute atomic E-state index is 0.294. The molecule has 3 N–H and O–H groups in total. The number of anilines is 1. The van der Waals surface area contributed by atoms with Crippen LogP contribution < -0.4 is 10.6 Å². The fourth-order valence-corrected chi connectivity index (χ4v) is 5.49. The molecule has 5 rings (SSSR count). The molecule has 1 aromatic carbocycles. The quantitative estimate of drug-likeness (QED) is 0.305. The number of benzene rings is 1. The van der Waals surface area contributed by atoms with Crippen LogP contribution in [-0.4, -0.2) is 58.6 Å². The summed E-state index contributed by atoms with van der Waals surface area (Å²) in [6.07, 6.45) is 13.9. The third kappa shape index (κ3) is 9.95. The molecule has 2 fully saturated rings. The maximum Gasteiger partial charge on any atom is 0.326 e. The van der Waals surface area contributed by atoms with Gasteiger partial charge >= 0.3 is 5.97 Å². The van der Waals surface area contributed by atoms with Crippen LogP contribution in [0, 0.1) is 5.92 Å². The number of aromatic nitrogens is 1. The SMILES string of the molecule is CC(=O)NC(CCN(CCCCc1ccc2c(n1)NCCC2)C1CC1)C(=O)O.c1ccc(CC2CCC2)cc1. The molecular formula is C32H46N4O3. The topological polar surface area (TPSA) is 94.6 Å². The highest BCUT2D eigenvalue weighted by Gasteiger charge is 2.30. The molecule has 0 bridgehead atoms. The fraction of sp³-hybridized carbons (Fsp3) is 0.594.